The van der Waals surface area contributed by atoms with Crippen LogP contribution in [0, 0.1) is 5.92 Å². The van der Waals surface area contributed by atoms with Gasteiger partial charge in [-0.1, -0.05) is 0 Å². The fourth-order valence-corrected chi connectivity index (χ4v) is 2.99. The van der Waals surface area contributed by atoms with E-state index in [2.05, 4.69) is 0 Å². The minimum Gasteiger partial charge on any atom is -0.368 e. The van der Waals surface area contributed by atoms with Crippen LogP contribution in [0.2, 0.25) is 0 Å². The van der Waals surface area contributed by atoms with Gasteiger partial charge >= 0.3 is 0 Å². The minimum atomic E-state index is -0.232. The van der Waals surface area contributed by atoms with Gasteiger partial charge in [-0.2, -0.15) is 0 Å². The fourth-order valence-electron chi connectivity index (χ4n) is 2.99. The van der Waals surface area contributed by atoms with Gasteiger partial charge in [-0.25, -0.2) is 0 Å². The Balaban J connectivity index is 1.70. The Hall–Kier alpha value is -0.900. The first-order valence-corrected chi connectivity index (χ1v) is 6.69. The van der Waals surface area contributed by atoms with E-state index in [1.807, 2.05) is 4.90 Å². The highest BCUT2D eigenvalue weighted by atomic mass is 16.5. The molecule has 2 aliphatic heterocycles. The van der Waals surface area contributed by atoms with Crippen LogP contribution in [0.1, 0.15) is 38.5 Å². The predicted octanol–water partition coefficient (Wildman–Crippen LogP) is 1.14. The third kappa shape index (κ3) is 2.23. The van der Waals surface area contributed by atoms with Gasteiger partial charge in [0.2, 0.25) is 0 Å². The first kappa shape index (κ1) is 11.2. The fraction of sp³-hybridized carbons (Fsp3) is 0.846. The lowest BCUT2D eigenvalue weighted by Crippen LogP contribution is -2.51. The average Bonchev–Trinajstić information content (AvgIpc) is 3.03. The van der Waals surface area contributed by atoms with E-state index in [1.165, 1.54) is 12.8 Å². The summed E-state index contributed by atoms with van der Waals surface area (Å²) in [4.78, 5) is 25.8. The summed E-state index contributed by atoms with van der Waals surface area (Å²) >= 11 is 0. The molecule has 2 saturated heterocycles. The van der Waals surface area contributed by atoms with Crippen molar-refractivity contribution in [1.29, 1.82) is 0 Å². The molecular formula is C13H19NO3. The molecule has 1 amide bonds. The highest BCUT2D eigenvalue weighted by Crippen LogP contribution is 2.39. The first-order chi connectivity index (χ1) is 8.25. The van der Waals surface area contributed by atoms with E-state index in [0.717, 1.165) is 12.8 Å². The average molecular weight is 237 g/mol. The second kappa shape index (κ2) is 4.41. The molecule has 3 aliphatic rings. The van der Waals surface area contributed by atoms with Crippen molar-refractivity contribution in [3.63, 3.8) is 0 Å². The largest absolute Gasteiger partial charge is 0.368 e. The summed E-state index contributed by atoms with van der Waals surface area (Å²) in [5.41, 5.74) is 0. The van der Waals surface area contributed by atoms with Gasteiger partial charge < -0.3 is 9.64 Å². The molecular weight excluding hydrogens is 218 g/mol. The zero-order chi connectivity index (χ0) is 11.8. The second-order valence-electron chi connectivity index (χ2n) is 5.43. The monoisotopic (exact) mass is 237 g/mol. The standard InChI is InChI=1S/C13H19NO3/c15-10-5-6-14(11(8-10)9-3-4-9)13(16)12-2-1-7-17-12/h9,11-12H,1-8H2/t11?,12-/m1/s1. The van der Waals surface area contributed by atoms with Crippen molar-refractivity contribution in [2.75, 3.05) is 13.2 Å². The summed E-state index contributed by atoms with van der Waals surface area (Å²) in [6.45, 7) is 1.32. The quantitative estimate of drug-likeness (QED) is 0.723. The highest BCUT2D eigenvalue weighted by molar-refractivity contribution is 5.86. The highest BCUT2D eigenvalue weighted by Gasteiger charge is 2.42. The molecule has 0 bridgehead atoms. The number of carbonyl (C=O) groups excluding carboxylic acids is 2. The topological polar surface area (TPSA) is 46.6 Å². The van der Waals surface area contributed by atoms with Gasteiger partial charge in [0.15, 0.2) is 0 Å². The Morgan fingerprint density at radius 3 is 2.76 bits per heavy atom. The van der Waals surface area contributed by atoms with Gasteiger partial charge in [0.1, 0.15) is 11.9 Å². The molecule has 1 aliphatic carbocycles. The van der Waals surface area contributed by atoms with Crippen molar-refractivity contribution < 1.29 is 14.3 Å². The molecule has 0 N–H and O–H groups in total. The molecule has 0 aromatic heterocycles. The smallest absolute Gasteiger partial charge is 0.251 e. The molecule has 0 aromatic carbocycles. The maximum Gasteiger partial charge on any atom is 0.251 e. The van der Waals surface area contributed by atoms with Crippen LogP contribution in [0.25, 0.3) is 0 Å². The Kier molecular flexibility index (Phi) is 2.90. The van der Waals surface area contributed by atoms with Gasteiger partial charge in [0.05, 0.1) is 0 Å². The van der Waals surface area contributed by atoms with E-state index in [-0.39, 0.29) is 18.1 Å². The van der Waals surface area contributed by atoms with E-state index in [4.69, 9.17) is 4.74 Å². The van der Waals surface area contributed by atoms with Crippen molar-refractivity contribution in [3.8, 4) is 0 Å². The van der Waals surface area contributed by atoms with Crippen LogP contribution in [0.4, 0.5) is 0 Å². The van der Waals surface area contributed by atoms with E-state index < -0.39 is 0 Å². The number of Topliss-reactive ketones (excluding diaryl/α,β-unsaturated/α-hetero) is 1. The third-order valence-corrected chi connectivity index (χ3v) is 4.12. The van der Waals surface area contributed by atoms with Crippen LogP contribution in [0.15, 0.2) is 0 Å². The van der Waals surface area contributed by atoms with Crippen molar-refractivity contribution in [1.82, 2.24) is 4.90 Å². The number of rotatable bonds is 2. The van der Waals surface area contributed by atoms with Crippen molar-refractivity contribution in [3.05, 3.63) is 0 Å². The summed E-state index contributed by atoms with van der Waals surface area (Å²) in [7, 11) is 0. The van der Waals surface area contributed by atoms with Crippen molar-refractivity contribution >= 4 is 11.7 Å². The van der Waals surface area contributed by atoms with Crippen molar-refractivity contribution in [2.24, 2.45) is 5.92 Å². The molecule has 0 spiro atoms. The predicted molar refractivity (Wildman–Crippen MR) is 61.4 cm³/mol. The van der Waals surface area contributed by atoms with Gasteiger partial charge in [-0.15, -0.1) is 0 Å². The molecule has 1 unspecified atom stereocenters. The van der Waals surface area contributed by atoms with Crippen LogP contribution in [0.5, 0.6) is 0 Å². The number of amides is 1. The summed E-state index contributed by atoms with van der Waals surface area (Å²) in [6.07, 6.45) is 5.05. The van der Waals surface area contributed by atoms with E-state index in [9.17, 15) is 9.59 Å². The normalized spacial score (nSPS) is 34.1. The van der Waals surface area contributed by atoms with E-state index in [0.29, 0.717) is 37.7 Å². The lowest BCUT2D eigenvalue weighted by Gasteiger charge is -2.36. The molecule has 3 fully saturated rings. The molecule has 3 rings (SSSR count). The Bertz CT molecular complexity index is 332. The van der Waals surface area contributed by atoms with Crippen LogP contribution >= 0.6 is 0 Å². The molecule has 0 aromatic rings. The lowest BCUT2D eigenvalue weighted by molar-refractivity contribution is -0.147. The minimum absolute atomic E-state index is 0.131. The molecule has 4 heteroatoms. The molecule has 94 valence electrons. The summed E-state index contributed by atoms with van der Waals surface area (Å²) in [6, 6.07) is 0.174. The molecule has 4 nitrogen and oxygen atoms in total. The number of carbonyl (C=O) groups is 2. The van der Waals surface area contributed by atoms with Crippen molar-refractivity contribution in [2.45, 2.75) is 50.7 Å². The zero-order valence-electron chi connectivity index (χ0n) is 10.1. The van der Waals surface area contributed by atoms with Crippen LogP contribution < -0.4 is 0 Å². The Morgan fingerprint density at radius 2 is 2.12 bits per heavy atom. The number of ether oxygens (including phenoxy) is 1. The first-order valence-electron chi connectivity index (χ1n) is 6.69. The number of nitrogens with zero attached hydrogens (tertiary/aromatic N) is 1. The molecule has 1 saturated carbocycles. The SMILES string of the molecule is O=C1CCN(C(=O)[C@H]2CCCO2)C(C2CC2)C1. The zero-order valence-corrected chi connectivity index (χ0v) is 10.1. The third-order valence-electron chi connectivity index (χ3n) is 4.12. The maximum atomic E-state index is 12.3. The second-order valence-corrected chi connectivity index (χ2v) is 5.43. The number of likely N-dealkylation sites (tertiary alicyclic amines) is 1. The molecule has 2 heterocycles. The van der Waals surface area contributed by atoms with Gasteiger partial charge in [-0.3, -0.25) is 9.59 Å². The summed E-state index contributed by atoms with van der Waals surface area (Å²) < 4.78 is 5.47. The number of hydrogen-bond acceptors (Lipinski definition) is 3. The molecule has 2 atom stereocenters. The van der Waals surface area contributed by atoms with Crippen LogP contribution in [-0.4, -0.2) is 41.9 Å². The summed E-state index contributed by atoms with van der Waals surface area (Å²) in [5.74, 6) is 1.02. The molecule has 17 heavy (non-hydrogen) atoms. The Morgan fingerprint density at radius 1 is 1.29 bits per heavy atom. The van der Waals surface area contributed by atoms with E-state index in [1.54, 1.807) is 0 Å². The number of hydrogen-bond donors (Lipinski definition) is 0. The van der Waals surface area contributed by atoms with Crippen LogP contribution in [-0.2, 0) is 14.3 Å². The maximum absolute atomic E-state index is 12.3. The number of piperidine rings is 1. The van der Waals surface area contributed by atoms with E-state index >= 15 is 0 Å². The van der Waals surface area contributed by atoms with Gasteiger partial charge in [0, 0.05) is 32.0 Å². The lowest BCUT2D eigenvalue weighted by atomic mass is 9.96. The number of ketones is 1. The van der Waals surface area contributed by atoms with Gasteiger partial charge in [-0.05, 0) is 31.6 Å². The van der Waals surface area contributed by atoms with Crippen LogP contribution in [0.3, 0.4) is 0 Å². The van der Waals surface area contributed by atoms with Gasteiger partial charge in [0.25, 0.3) is 5.91 Å². The molecule has 0 radical (unpaired) electrons. The Labute approximate surface area is 101 Å². The summed E-state index contributed by atoms with van der Waals surface area (Å²) in [5, 5.41) is 0.